The molecule has 0 bridgehead atoms. The number of amides is 1. The van der Waals surface area contributed by atoms with Gasteiger partial charge in [0, 0.05) is 18.3 Å². The average Bonchev–Trinajstić information content (AvgIpc) is 3.71. The molecule has 18 heteroatoms. The van der Waals surface area contributed by atoms with E-state index in [0.717, 1.165) is 0 Å². The summed E-state index contributed by atoms with van der Waals surface area (Å²) in [5, 5.41) is 28.1. The normalized spacial score (nSPS) is 12.1. The fourth-order valence-corrected chi connectivity index (χ4v) is 4.99. The summed E-state index contributed by atoms with van der Waals surface area (Å²) in [6.45, 7) is 2.75. The van der Waals surface area contributed by atoms with E-state index in [-0.39, 0.29) is 54.4 Å². The third-order valence-electron chi connectivity index (χ3n) is 7.52. The third kappa shape index (κ3) is 9.18. The first-order valence-electron chi connectivity index (χ1n) is 16.3. The number of benzene rings is 4. The number of imidazole rings is 2. The quantitative estimate of drug-likeness (QED) is 0.00975. The maximum Gasteiger partial charge on any atom is 0.323 e. The number of rotatable bonds is 15. The Morgan fingerprint density at radius 3 is 2.02 bits per heavy atom. The first kappa shape index (κ1) is 36.2. The number of aliphatic hydroxyl groups is 1. The highest BCUT2D eigenvalue weighted by atomic mass is 16.5. The summed E-state index contributed by atoms with van der Waals surface area (Å²) < 4.78 is 17.4. The van der Waals surface area contributed by atoms with Crippen molar-refractivity contribution in [3.63, 3.8) is 0 Å². The van der Waals surface area contributed by atoms with Crippen molar-refractivity contribution in [2.24, 2.45) is 15.3 Å². The van der Waals surface area contributed by atoms with E-state index in [2.05, 4.69) is 51.3 Å². The highest BCUT2D eigenvalue weighted by Crippen LogP contribution is 2.29. The first-order valence-corrected chi connectivity index (χ1v) is 16.3. The lowest BCUT2D eigenvalue weighted by Gasteiger charge is -2.13. The lowest BCUT2D eigenvalue weighted by molar-refractivity contribution is -0.113. The van der Waals surface area contributed by atoms with Crippen LogP contribution in [0, 0.1) is 0 Å². The average molecular weight is 735 g/mol. The highest BCUT2D eigenvalue weighted by Gasteiger charge is 2.15. The molecule has 8 N–H and O–H groups in total. The fourth-order valence-electron chi connectivity index (χ4n) is 4.99. The van der Waals surface area contributed by atoms with Gasteiger partial charge in [0.1, 0.15) is 36.2 Å². The van der Waals surface area contributed by atoms with E-state index < -0.39 is 11.7 Å². The number of hydrazone groups is 1. The predicted molar refractivity (Wildman–Crippen MR) is 202 cm³/mol. The smallest absolute Gasteiger partial charge is 0.323 e. The number of aromatic nitrogens is 4. The molecule has 0 spiro atoms. The molecule has 0 aliphatic heterocycles. The molecule has 0 fully saturated rings. The van der Waals surface area contributed by atoms with Gasteiger partial charge in [-0.1, -0.05) is 24.3 Å². The summed E-state index contributed by atoms with van der Waals surface area (Å²) in [7, 11) is 0. The standard InChI is InChI=1S/C36H34N10O8/c1-20(47)32(33(49)38-23-12-14-25-29(18-23)42-36(51)40-25)45-43-26-7-3-5-9-30(26)52-15-16-53-31-10-6-4-8-27(31)44-46-34(21(2)48)54-19-37-22-11-13-24-28(17-22)41-35(50)39-24/h3-14,17-18,37,44,47H,15-16,19H2,1-2H3,(H,38,49)(H2,39,41,50)(H2,40,42,51). The Bertz CT molecular complexity index is 2520. The van der Waals surface area contributed by atoms with Crippen LogP contribution in [-0.4, -0.2) is 62.6 Å². The number of carbonyl (C=O) groups is 2. The molecule has 0 saturated heterocycles. The number of aliphatic hydroxyl groups excluding tert-OH is 1. The van der Waals surface area contributed by atoms with Gasteiger partial charge in [0.25, 0.3) is 11.8 Å². The molecule has 6 aromatic rings. The summed E-state index contributed by atoms with van der Waals surface area (Å²) in [4.78, 5) is 58.9. The number of hydrogen-bond acceptors (Lipinski definition) is 13. The molecule has 0 radical (unpaired) electrons. The number of azo groups is 1. The summed E-state index contributed by atoms with van der Waals surface area (Å²) in [5.74, 6) is -0.902. The van der Waals surface area contributed by atoms with Crippen LogP contribution in [0.15, 0.2) is 121 Å². The number of H-pyrrole nitrogens is 4. The van der Waals surface area contributed by atoms with Crippen LogP contribution in [-0.2, 0) is 14.3 Å². The van der Waals surface area contributed by atoms with Gasteiger partial charge in [-0.05, 0) is 67.6 Å². The molecule has 0 unspecified atom stereocenters. The van der Waals surface area contributed by atoms with Crippen LogP contribution in [0.25, 0.3) is 22.1 Å². The Morgan fingerprint density at radius 2 is 1.33 bits per heavy atom. The number of anilines is 3. The third-order valence-corrected chi connectivity index (χ3v) is 7.52. The van der Waals surface area contributed by atoms with Gasteiger partial charge in [0.2, 0.25) is 5.78 Å². The van der Waals surface area contributed by atoms with Crippen molar-refractivity contribution in [3.05, 3.63) is 117 Å². The van der Waals surface area contributed by atoms with E-state index in [1.54, 1.807) is 84.9 Å². The van der Waals surface area contributed by atoms with Crippen molar-refractivity contribution < 1.29 is 28.9 Å². The van der Waals surface area contributed by atoms with E-state index in [0.29, 0.717) is 50.6 Å². The largest absolute Gasteiger partial charge is 0.510 e. The fraction of sp³-hybridized carbons (Fsp3) is 0.139. The molecule has 0 saturated carbocycles. The molecule has 1 amide bonds. The molecule has 276 valence electrons. The van der Waals surface area contributed by atoms with Crippen LogP contribution in [0.3, 0.4) is 0 Å². The van der Waals surface area contributed by atoms with E-state index >= 15 is 0 Å². The number of para-hydroxylation sites is 3. The van der Waals surface area contributed by atoms with Crippen LogP contribution in [0.1, 0.15) is 13.8 Å². The summed E-state index contributed by atoms with van der Waals surface area (Å²) in [6, 6.07) is 23.7. The summed E-state index contributed by atoms with van der Waals surface area (Å²) in [6.07, 6.45) is 0. The summed E-state index contributed by atoms with van der Waals surface area (Å²) in [5.41, 5.74) is 5.92. The van der Waals surface area contributed by atoms with Crippen molar-refractivity contribution in [3.8, 4) is 11.5 Å². The van der Waals surface area contributed by atoms with Gasteiger partial charge >= 0.3 is 11.4 Å². The second-order valence-corrected chi connectivity index (χ2v) is 11.5. The van der Waals surface area contributed by atoms with E-state index in [9.17, 15) is 24.3 Å². The Labute approximate surface area is 305 Å². The zero-order valence-electron chi connectivity index (χ0n) is 28.9. The molecular weight excluding hydrogens is 700 g/mol. The van der Waals surface area contributed by atoms with Crippen molar-refractivity contribution in [2.75, 3.05) is 36.0 Å². The number of aromatic amines is 4. The van der Waals surface area contributed by atoms with Gasteiger partial charge in [0.05, 0.1) is 27.8 Å². The summed E-state index contributed by atoms with van der Waals surface area (Å²) >= 11 is 0. The van der Waals surface area contributed by atoms with Crippen molar-refractivity contribution >= 4 is 62.4 Å². The number of carbonyl (C=O) groups excluding carboxylic acids is 2. The molecule has 2 aromatic heterocycles. The predicted octanol–water partition coefficient (Wildman–Crippen LogP) is 5.40. The molecule has 4 aromatic carbocycles. The van der Waals surface area contributed by atoms with Crippen LogP contribution in [0.5, 0.6) is 11.5 Å². The minimum Gasteiger partial charge on any atom is -0.510 e. The molecular formula is C36H34N10O8. The van der Waals surface area contributed by atoms with Gasteiger partial charge in [-0.3, -0.25) is 15.0 Å². The second kappa shape index (κ2) is 16.6. The monoisotopic (exact) mass is 734 g/mol. The number of ketones is 1. The minimum absolute atomic E-state index is 0.0730. The topological polar surface area (TPSA) is 253 Å². The van der Waals surface area contributed by atoms with Gasteiger partial charge in [-0.15, -0.1) is 15.3 Å². The highest BCUT2D eigenvalue weighted by molar-refractivity contribution is 6.35. The van der Waals surface area contributed by atoms with E-state index in [1.807, 2.05) is 0 Å². The van der Waals surface area contributed by atoms with Gasteiger partial charge in [-0.25, -0.2) is 9.59 Å². The zero-order chi connectivity index (χ0) is 38.0. The molecule has 2 heterocycles. The lowest BCUT2D eigenvalue weighted by atomic mass is 10.2. The van der Waals surface area contributed by atoms with E-state index in [4.69, 9.17) is 14.2 Å². The van der Waals surface area contributed by atoms with Crippen molar-refractivity contribution in [1.29, 1.82) is 0 Å². The molecule has 54 heavy (non-hydrogen) atoms. The number of nitrogens with one attached hydrogen (secondary N) is 7. The maximum absolute atomic E-state index is 13.0. The van der Waals surface area contributed by atoms with Gasteiger partial charge in [-0.2, -0.15) is 0 Å². The zero-order valence-corrected chi connectivity index (χ0v) is 28.9. The second-order valence-electron chi connectivity index (χ2n) is 11.5. The van der Waals surface area contributed by atoms with Crippen LogP contribution in [0.4, 0.5) is 22.7 Å². The molecule has 18 nitrogen and oxygen atoms in total. The SMILES string of the molecule is CC(=O)C(=NNc1ccccc1OCCOc1ccccc1N=NC(C(=O)Nc1ccc2[nH]c(=O)[nH]c2c1)=C(C)O)OCNc1ccc2[nH]c(=O)[nH]c2c1. The Kier molecular flexibility index (Phi) is 11.1. The molecule has 0 aliphatic carbocycles. The number of allylic oxidation sites excluding steroid dienone is 1. The molecule has 0 atom stereocenters. The van der Waals surface area contributed by atoms with Crippen LogP contribution in [0.2, 0.25) is 0 Å². The lowest BCUT2D eigenvalue weighted by Crippen LogP contribution is -2.20. The molecule has 6 rings (SSSR count). The molecule has 0 aliphatic rings. The van der Waals surface area contributed by atoms with Crippen LogP contribution < -0.4 is 36.9 Å². The minimum atomic E-state index is -0.719. The first-order chi connectivity index (χ1) is 26.1. The Hall–Kier alpha value is -7.63. The van der Waals surface area contributed by atoms with Crippen molar-refractivity contribution in [1.82, 2.24) is 19.9 Å². The number of ether oxygens (including phenoxy) is 3. The van der Waals surface area contributed by atoms with Gasteiger partial charge in [0.15, 0.2) is 12.4 Å². The maximum atomic E-state index is 13.0. The number of Topliss-reactive ketones (excluding diaryl/α,β-unsaturated/α-hetero) is 1. The van der Waals surface area contributed by atoms with E-state index in [1.165, 1.54) is 13.8 Å². The Morgan fingerprint density at radius 1 is 0.741 bits per heavy atom. The number of nitrogens with zero attached hydrogens (tertiary/aromatic N) is 3. The van der Waals surface area contributed by atoms with Gasteiger partial charge < -0.3 is 49.9 Å². The number of hydrogen-bond donors (Lipinski definition) is 8. The van der Waals surface area contributed by atoms with Crippen LogP contribution >= 0.6 is 0 Å². The Balaban J connectivity index is 1.02. The van der Waals surface area contributed by atoms with Crippen molar-refractivity contribution in [2.45, 2.75) is 13.8 Å². The number of fused-ring (bicyclic) bond motifs is 2.